The average Bonchev–Trinajstić information content (AvgIpc) is 2.73. The molecule has 0 bridgehead atoms. The first-order valence-electron chi connectivity index (χ1n) is 9.86. The lowest BCUT2D eigenvalue weighted by atomic mass is 10.1. The van der Waals surface area contributed by atoms with Gasteiger partial charge in [0.05, 0.1) is 38.8 Å². The molecule has 0 aliphatic heterocycles. The van der Waals surface area contributed by atoms with E-state index in [2.05, 4.69) is 5.32 Å². The normalized spacial score (nSPS) is 13.1. The fourth-order valence-corrected chi connectivity index (χ4v) is 4.38. The van der Waals surface area contributed by atoms with Gasteiger partial charge in [-0.15, -0.1) is 0 Å². The summed E-state index contributed by atoms with van der Waals surface area (Å²) in [6.45, 7) is 5.73. The Morgan fingerprint density at radius 1 is 1.03 bits per heavy atom. The third kappa shape index (κ3) is 6.04. The number of nitrogens with zero attached hydrogens (tertiary/aromatic N) is 1. The average molecular weight is 451 g/mol. The molecule has 9 heteroatoms. The molecule has 2 atom stereocenters. The number of anilines is 1. The molecule has 0 heterocycles. The summed E-state index contributed by atoms with van der Waals surface area (Å²) in [5, 5.41) is 2.87. The maximum atomic E-state index is 12.9. The number of carbonyl (C=O) groups excluding carboxylic acids is 1. The number of benzene rings is 2. The SMILES string of the molecule is CCOc1ccc(N([C@H](C)C(=O)N[C@H](C)c2ccc(OC)c(OC)c2)S(C)(=O)=O)cc1. The Kier molecular flexibility index (Phi) is 8.15. The van der Waals surface area contributed by atoms with Gasteiger partial charge in [0.2, 0.25) is 15.9 Å². The zero-order chi connectivity index (χ0) is 23.2. The van der Waals surface area contributed by atoms with E-state index in [0.717, 1.165) is 16.1 Å². The summed E-state index contributed by atoms with van der Waals surface area (Å²) in [7, 11) is -0.630. The van der Waals surface area contributed by atoms with Crippen LogP contribution >= 0.6 is 0 Å². The zero-order valence-electron chi connectivity index (χ0n) is 18.7. The number of amides is 1. The lowest BCUT2D eigenvalue weighted by Gasteiger charge is -2.29. The van der Waals surface area contributed by atoms with Crippen molar-refractivity contribution in [2.75, 3.05) is 31.4 Å². The van der Waals surface area contributed by atoms with E-state index >= 15 is 0 Å². The fraction of sp³-hybridized carbons (Fsp3) is 0.409. The summed E-state index contributed by atoms with van der Waals surface area (Å²) in [4.78, 5) is 12.9. The molecule has 0 spiro atoms. The van der Waals surface area contributed by atoms with Crippen LogP contribution < -0.4 is 23.8 Å². The third-order valence-corrected chi connectivity index (χ3v) is 6.00. The number of carbonyl (C=O) groups is 1. The molecule has 2 rings (SSSR count). The van der Waals surface area contributed by atoms with E-state index in [-0.39, 0.29) is 6.04 Å². The van der Waals surface area contributed by atoms with Crippen LogP contribution in [0.1, 0.15) is 32.4 Å². The Balaban J connectivity index is 2.23. The number of sulfonamides is 1. The van der Waals surface area contributed by atoms with E-state index in [1.54, 1.807) is 50.4 Å². The molecule has 0 saturated heterocycles. The molecular weight excluding hydrogens is 420 g/mol. The van der Waals surface area contributed by atoms with Crippen molar-refractivity contribution in [1.29, 1.82) is 0 Å². The highest BCUT2D eigenvalue weighted by Gasteiger charge is 2.30. The van der Waals surface area contributed by atoms with Crippen molar-refractivity contribution in [3.05, 3.63) is 48.0 Å². The minimum absolute atomic E-state index is 0.378. The minimum Gasteiger partial charge on any atom is -0.494 e. The second-order valence-electron chi connectivity index (χ2n) is 7.01. The van der Waals surface area contributed by atoms with E-state index in [1.807, 2.05) is 19.9 Å². The second kappa shape index (κ2) is 10.4. The van der Waals surface area contributed by atoms with Gasteiger partial charge in [0.15, 0.2) is 11.5 Å². The maximum absolute atomic E-state index is 12.9. The number of hydrogen-bond donors (Lipinski definition) is 1. The Morgan fingerprint density at radius 3 is 2.16 bits per heavy atom. The third-order valence-electron chi connectivity index (χ3n) is 4.76. The molecule has 170 valence electrons. The van der Waals surface area contributed by atoms with Crippen molar-refractivity contribution >= 4 is 21.6 Å². The molecule has 1 amide bonds. The van der Waals surface area contributed by atoms with Gasteiger partial charge in [-0.3, -0.25) is 9.10 Å². The van der Waals surface area contributed by atoms with Gasteiger partial charge in [-0.2, -0.15) is 0 Å². The number of rotatable bonds is 10. The molecule has 0 aliphatic rings. The second-order valence-corrected chi connectivity index (χ2v) is 8.87. The molecule has 0 fully saturated rings. The lowest BCUT2D eigenvalue weighted by molar-refractivity contribution is -0.122. The van der Waals surface area contributed by atoms with E-state index < -0.39 is 22.0 Å². The molecule has 0 aliphatic carbocycles. The van der Waals surface area contributed by atoms with Crippen LogP contribution in [0.15, 0.2) is 42.5 Å². The number of nitrogens with one attached hydrogen (secondary N) is 1. The van der Waals surface area contributed by atoms with Crippen LogP contribution in [-0.2, 0) is 14.8 Å². The molecule has 8 nitrogen and oxygen atoms in total. The molecule has 1 N–H and O–H groups in total. The highest BCUT2D eigenvalue weighted by Crippen LogP contribution is 2.30. The number of methoxy groups -OCH3 is 2. The smallest absolute Gasteiger partial charge is 0.244 e. The molecule has 2 aromatic carbocycles. The van der Waals surface area contributed by atoms with Gasteiger partial charge >= 0.3 is 0 Å². The first-order valence-corrected chi connectivity index (χ1v) is 11.7. The van der Waals surface area contributed by atoms with Crippen molar-refractivity contribution in [3.63, 3.8) is 0 Å². The predicted molar refractivity (Wildman–Crippen MR) is 120 cm³/mol. The monoisotopic (exact) mass is 450 g/mol. The summed E-state index contributed by atoms with van der Waals surface area (Å²) < 4.78 is 42.0. The van der Waals surface area contributed by atoms with Gasteiger partial charge in [0, 0.05) is 0 Å². The standard InChI is InChI=1S/C22H30N2O6S/c1-7-30-19-11-9-18(10-12-19)24(31(6,26)27)16(3)22(25)23-15(2)17-8-13-20(28-4)21(14-17)29-5/h8-16H,7H2,1-6H3,(H,23,25)/t15-,16-/m1/s1. The van der Waals surface area contributed by atoms with Crippen molar-refractivity contribution < 1.29 is 27.4 Å². The number of ether oxygens (including phenoxy) is 3. The van der Waals surface area contributed by atoms with Crippen LogP contribution in [0.25, 0.3) is 0 Å². The summed E-state index contributed by atoms with van der Waals surface area (Å²) in [5.74, 6) is 1.32. The lowest BCUT2D eigenvalue weighted by Crippen LogP contribution is -2.48. The highest BCUT2D eigenvalue weighted by molar-refractivity contribution is 7.92. The topological polar surface area (TPSA) is 94.2 Å². The van der Waals surface area contributed by atoms with Gasteiger partial charge < -0.3 is 19.5 Å². The van der Waals surface area contributed by atoms with Gasteiger partial charge in [0.1, 0.15) is 11.8 Å². The van der Waals surface area contributed by atoms with Gasteiger partial charge in [-0.05, 0) is 62.7 Å². The van der Waals surface area contributed by atoms with Crippen LogP contribution in [0.2, 0.25) is 0 Å². The van der Waals surface area contributed by atoms with Gasteiger partial charge in [0.25, 0.3) is 0 Å². The molecular formula is C22H30N2O6S. The highest BCUT2D eigenvalue weighted by atomic mass is 32.2. The van der Waals surface area contributed by atoms with E-state index in [0.29, 0.717) is 29.5 Å². The van der Waals surface area contributed by atoms with Crippen LogP contribution in [-0.4, -0.2) is 47.4 Å². The van der Waals surface area contributed by atoms with Crippen LogP contribution in [0, 0.1) is 0 Å². The maximum Gasteiger partial charge on any atom is 0.244 e. The summed E-state index contributed by atoms with van der Waals surface area (Å²) >= 11 is 0. The zero-order valence-corrected chi connectivity index (χ0v) is 19.5. The van der Waals surface area contributed by atoms with Crippen molar-refractivity contribution in [2.45, 2.75) is 32.9 Å². The molecule has 0 radical (unpaired) electrons. The summed E-state index contributed by atoms with van der Waals surface area (Å²) in [5.41, 5.74) is 1.18. The van der Waals surface area contributed by atoms with Crippen molar-refractivity contribution in [3.8, 4) is 17.2 Å². The Bertz CT molecular complexity index is 992. The summed E-state index contributed by atoms with van der Waals surface area (Å²) in [6.07, 6.45) is 1.07. The summed E-state index contributed by atoms with van der Waals surface area (Å²) in [6, 6.07) is 10.6. The largest absolute Gasteiger partial charge is 0.494 e. The quantitative estimate of drug-likeness (QED) is 0.598. The van der Waals surface area contributed by atoms with Crippen molar-refractivity contribution in [1.82, 2.24) is 5.32 Å². The number of hydrogen-bond acceptors (Lipinski definition) is 6. The Hall–Kier alpha value is -2.94. The van der Waals surface area contributed by atoms with Crippen molar-refractivity contribution in [2.24, 2.45) is 0 Å². The Labute approximate surface area is 184 Å². The fourth-order valence-electron chi connectivity index (χ4n) is 3.20. The first-order chi connectivity index (χ1) is 14.6. The van der Waals surface area contributed by atoms with Crippen LogP contribution in [0.4, 0.5) is 5.69 Å². The molecule has 0 aromatic heterocycles. The first kappa shape index (κ1) is 24.3. The van der Waals surface area contributed by atoms with Crippen LogP contribution in [0.3, 0.4) is 0 Å². The van der Waals surface area contributed by atoms with Crippen LogP contribution in [0.5, 0.6) is 17.2 Å². The molecule has 0 unspecified atom stereocenters. The predicted octanol–water partition coefficient (Wildman–Crippen LogP) is 3.13. The van der Waals surface area contributed by atoms with Gasteiger partial charge in [-0.1, -0.05) is 6.07 Å². The minimum atomic E-state index is -3.71. The molecule has 0 saturated carbocycles. The molecule has 2 aromatic rings. The van der Waals surface area contributed by atoms with E-state index in [9.17, 15) is 13.2 Å². The Morgan fingerprint density at radius 2 is 1.65 bits per heavy atom. The van der Waals surface area contributed by atoms with E-state index in [4.69, 9.17) is 14.2 Å². The van der Waals surface area contributed by atoms with Gasteiger partial charge in [-0.25, -0.2) is 8.42 Å². The molecule has 31 heavy (non-hydrogen) atoms. The van der Waals surface area contributed by atoms with E-state index in [1.165, 1.54) is 7.11 Å².